The van der Waals surface area contributed by atoms with Crippen LogP contribution < -0.4 is 9.47 Å². The fraction of sp³-hybridized carbons (Fsp3) is 0.269. The van der Waals surface area contributed by atoms with E-state index in [1.807, 2.05) is 49.5 Å². The molecule has 5 rings (SSSR count). The number of hydrogen-bond acceptors (Lipinski definition) is 5. The number of ether oxygens (including phenoxy) is 2. The fourth-order valence-corrected chi connectivity index (χ4v) is 4.24. The van der Waals surface area contributed by atoms with Crippen LogP contribution in [0.4, 0.5) is 0 Å². The minimum absolute atomic E-state index is 0.372. The summed E-state index contributed by atoms with van der Waals surface area (Å²) < 4.78 is 13.9. The lowest BCUT2D eigenvalue weighted by molar-refractivity contribution is 0.299. The minimum Gasteiger partial charge on any atom is -0.496 e. The number of nitrogens with zero attached hydrogens (tertiary/aromatic N) is 4. The highest BCUT2D eigenvalue weighted by molar-refractivity contribution is 6.32. The molecule has 3 heterocycles. The van der Waals surface area contributed by atoms with E-state index in [2.05, 4.69) is 14.5 Å². The number of benzene rings is 1. The molecule has 1 aromatic carbocycles. The van der Waals surface area contributed by atoms with E-state index in [0.29, 0.717) is 34.3 Å². The lowest BCUT2D eigenvalue weighted by Crippen LogP contribution is -2.05. The maximum atomic E-state index is 6.72. The average molecular weight is 495 g/mol. The van der Waals surface area contributed by atoms with Crippen molar-refractivity contribution in [3.05, 3.63) is 76.4 Å². The first-order valence-electron chi connectivity index (χ1n) is 11.1. The molecule has 1 aliphatic carbocycles. The summed E-state index contributed by atoms with van der Waals surface area (Å²) in [4.78, 5) is 13.3. The van der Waals surface area contributed by atoms with E-state index in [9.17, 15) is 0 Å². The van der Waals surface area contributed by atoms with E-state index in [1.54, 1.807) is 19.4 Å². The van der Waals surface area contributed by atoms with Crippen LogP contribution in [0.25, 0.3) is 22.6 Å². The van der Waals surface area contributed by atoms with E-state index >= 15 is 0 Å². The highest BCUT2D eigenvalue weighted by Gasteiger charge is 2.28. The molecule has 0 bridgehead atoms. The molecule has 1 saturated carbocycles. The Morgan fingerprint density at radius 3 is 2.56 bits per heavy atom. The summed E-state index contributed by atoms with van der Waals surface area (Å²) in [7, 11) is 1.64. The first-order valence-corrected chi connectivity index (χ1v) is 11.9. The first-order chi connectivity index (χ1) is 16.5. The van der Waals surface area contributed by atoms with Crippen LogP contribution in [0.3, 0.4) is 0 Å². The highest BCUT2D eigenvalue weighted by atomic mass is 35.5. The molecule has 0 aliphatic heterocycles. The third-order valence-electron chi connectivity index (χ3n) is 5.84. The molecule has 0 saturated heterocycles. The van der Waals surface area contributed by atoms with Gasteiger partial charge in [-0.1, -0.05) is 29.3 Å². The number of rotatable bonds is 8. The highest BCUT2D eigenvalue weighted by Crippen LogP contribution is 2.42. The Balaban J connectivity index is 1.49. The molecule has 6 nitrogen and oxygen atoms in total. The van der Waals surface area contributed by atoms with E-state index < -0.39 is 0 Å². The van der Waals surface area contributed by atoms with Crippen molar-refractivity contribution in [1.29, 1.82) is 0 Å². The number of halogens is 2. The van der Waals surface area contributed by atoms with E-state index in [0.717, 1.165) is 40.4 Å². The standard InChI is InChI=1S/C26H24Cl2N4O2/c1-16-3-7-19(29-12-16)15-34-20-8-9-21(22(11-20)33-2)24-25(28)31-26(32(24)14-17-4-5-17)18-6-10-23(27)30-13-18/h3,6-13,17H,4-5,14-15H2,1-2H3. The van der Waals surface area contributed by atoms with Crippen LogP contribution in [-0.4, -0.2) is 26.6 Å². The van der Waals surface area contributed by atoms with Gasteiger partial charge in [0.1, 0.15) is 29.1 Å². The van der Waals surface area contributed by atoms with Crippen molar-refractivity contribution in [3.8, 4) is 34.1 Å². The van der Waals surface area contributed by atoms with Crippen molar-refractivity contribution in [1.82, 2.24) is 19.5 Å². The molecule has 8 heteroatoms. The van der Waals surface area contributed by atoms with E-state index in [-0.39, 0.29) is 0 Å². The molecule has 0 radical (unpaired) electrons. The Morgan fingerprint density at radius 2 is 1.88 bits per heavy atom. The molecule has 0 amide bonds. The van der Waals surface area contributed by atoms with Gasteiger partial charge >= 0.3 is 0 Å². The topological polar surface area (TPSA) is 62.1 Å². The molecule has 0 spiro atoms. The zero-order valence-electron chi connectivity index (χ0n) is 19.0. The molecular formula is C26H24Cl2N4O2. The largest absolute Gasteiger partial charge is 0.496 e. The SMILES string of the molecule is COc1cc(OCc2ccc(C)cn2)ccc1-c1c(Cl)nc(-c2ccc(Cl)nc2)n1CC1CC1. The Labute approximate surface area is 208 Å². The zero-order chi connectivity index (χ0) is 23.7. The third kappa shape index (κ3) is 4.88. The van der Waals surface area contributed by atoms with Crippen molar-refractivity contribution in [2.24, 2.45) is 5.92 Å². The second kappa shape index (κ2) is 9.65. The van der Waals surface area contributed by atoms with Gasteiger partial charge in [0.2, 0.25) is 0 Å². The van der Waals surface area contributed by atoms with Crippen molar-refractivity contribution in [2.45, 2.75) is 32.9 Å². The number of pyridine rings is 2. The molecule has 34 heavy (non-hydrogen) atoms. The molecule has 1 aliphatic rings. The van der Waals surface area contributed by atoms with Gasteiger partial charge in [0.15, 0.2) is 5.15 Å². The van der Waals surface area contributed by atoms with Gasteiger partial charge in [-0.2, -0.15) is 0 Å². The summed E-state index contributed by atoms with van der Waals surface area (Å²) in [5.74, 6) is 2.73. The Bertz CT molecular complexity index is 1300. The van der Waals surface area contributed by atoms with Gasteiger partial charge in [-0.05, 0) is 61.6 Å². The van der Waals surface area contributed by atoms with Crippen molar-refractivity contribution >= 4 is 23.2 Å². The maximum absolute atomic E-state index is 6.72. The van der Waals surface area contributed by atoms with Gasteiger partial charge in [-0.15, -0.1) is 0 Å². The molecule has 4 aromatic rings. The summed E-state index contributed by atoms with van der Waals surface area (Å²) in [5, 5.41) is 0.856. The first kappa shape index (κ1) is 22.7. The Morgan fingerprint density at radius 1 is 1.03 bits per heavy atom. The van der Waals surface area contributed by atoms with Crippen LogP contribution >= 0.6 is 23.2 Å². The monoisotopic (exact) mass is 494 g/mol. The summed E-state index contributed by atoms with van der Waals surface area (Å²) in [6.45, 7) is 3.21. The second-order valence-electron chi connectivity index (χ2n) is 8.48. The Hall–Kier alpha value is -3.09. The third-order valence-corrected chi connectivity index (χ3v) is 6.32. The van der Waals surface area contributed by atoms with Crippen LogP contribution in [0.1, 0.15) is 24.1 Å². The summed E-state index contributed by atoms with van der Waals surface area (Å²) in [5.41, 5.74) is 4.52. The second-order valence-corrected chi connectivity index (χ2v) is 9.22. The Kier molecular flexibility index (Phi) is 6.44. The summed E-state index contributed by atoms with van der Waals surface area (Å²) in [6.07, 6.45) is 5.95. The lowest BCUT2D eigenvalue weighted by Gasteiger charge is -2.15. The molecular weight excluding hydrogens is 471 g/mol. The molecule has 0 unspecified atom stereocenters. The molecule has 0 atom stereocenters. The number of methoxy groups -OCH3 is 1. The summed E-state index contributed by atoms with van der Waals surface area (Å²) in [6, 6.07) is 13.4. The van der Waals surface area contributed by atoms with Gasteiger partial charge < -0.3 is 14.0 Å². The van der Waals surface area contributed by atoms with Gasteiger partial charge in [0, 0.05) is 36.1 Å². The molecule has 3 aromatic heterocycles. The smallest absolute Gasteiger partial charge is 0.155 e. The van der Waals surface area contributed by atoms with Gasteiger partial charge in [0.25, 0.3) is 0 Å². The number of imidazole rings is 1. The molecule has 174 valence electrons. The van der Waals surface area contributed by atoms with Crippen LogP contribution in [0, 0.1) is 12.8 Å². The van der Waals surface area contributed by atoms with Crippen LogP contribution in [0.15, 0.2) is 54.9 Å². The molecule has 0 N–H and O–H groups in total. The van der Waals surface area contributed by atoms with Crippen LogP contribution in [0.5, 0.6) is 11.5 Å². The van der Waals surface area contributed by atoms with Crippen LogP contribution in [-0.2, 0) is 13.2 Å². The van der Waals surface area contributed by atoms with Gasteiger partial charge in [0.05, 0.1) is 18.5 Å². The van der Waals surface area contributed by atoms with E-state index in [1.165, 1.54) is 12.8 Å². The average Bonchev–Trinajstić information content (AvgIpc) is 3.61. The van der Waals surface area contributed by atoms with E-state index in [4.69, 9.17) is 37.7 Å². The number of aromatic nitrogens is 4. The minimum atomic E-state index is 0.372. The normalized spacial score (nSPS) is 13.2. The zero-order valence-corrected chi connectivity index (χ0v) is 20.5. The summed E-state index contributed by atoms with van der Waals surface area (Å²) >= 11 is 12.7. The lowest BCUT2D eigenvalue weighted by atomic mass is 10.1. The number of aryl methyl sites for hydroxylation is 1. The maximum Gasteiger partial charge on any atom is 0.155 e. The van der Waals surface area contributed by atoms with Crippen molar-refractivity contribution in [2.75, 3.05) is 7.11 Å². The fourth-order valence-electron chi connectivity index (χ4n) is 3.84. The quantitative estimate of drug-likeness (QED) is 0.257. The predicted molar refractivity (Wildman–Crippen MR) is 133 cm³/mol. The van der Waals surface area contributed by atoms with Crippen molar-refractivity contribution in [3.63, 3.8) is 0 Å². The number of hydrogen-bond donors (Lipinski definition) is 0. The van der Waals surface area contributed by atoms with Crippen LogP contribution in [0.2, 0.25) is 10.3 Å². The van der Waals surface area contributed by atoms with Gasteiger partial charge in [-0.25, -0.2) is 9.97 Å². The van der Waals surface area contributed by atoms with Crippen molar-refractivity contribution < 1.29 is 9.47 Å². The predicted octanol–water partition coefficient (Wildman–Crippen LogP) is 6.62. The van der Waals surface area contributed by atoms with Gasteiger partial charge in [-0.3, -0.25) is 4.98 Å². The molecule has 1 fully saturated rings.